The first kappa shape index (κ1) is 21.4. The molecule has 0 amide bonds. The van der Waals surface area contributed by atoms with E-state index in [-0.39, 0.29) is 17.6 Å². The van der Waals surface area contributed by atoms with Gasteiger partial charge in [0.1, 0.15) is 5.82 Å². The van der Waals surface area contributed by atoms with Gasteiger partial charge in [0, 0.05) is 37.5 Å². The van der Waals surface area contributed by atoms with Crippen LogP contribution in [0.15, 0.2) is 18.3 Å². The molecule has 2 aromatic heterocycles. The van der Waals surface area contributed by atoms with Gasteiger partial charge in [0.25, 0.3) is 0 Å². The van der Waals surface area contributed by atoms with Crippen LogP contribution in [-0.2, 0) is 4.74 Å². The minimum absolute atomic E-state index is 0.105. The molecule has 0 aliphatic carbocycles. The molecule has 0 aromatic carbocycles. The van der Waals surface area contributed by atoms with Crippen LogP contribution in [0.2, 0.25) is 0 Å². The van der Waals surface area contributed by atoms with Crippen molar-refractivity contribution in [2.24, 2.45) is 0 Å². The van der Waals surface area contributed by atoms with Crippen LogP contribution >= 0.6 is 0 Å². The predicted molar refractivity (Wildman–Crippen MR) is 111 cm³/mol. The number of halogens is 2. The molecule has 1 unspecified atom stereocenters. The number of nitrogen functional groups attached to an aromatic ring is 1. The molecule has 168 valence electrons. The SMILES string of the molecule is C[C@H]1COCCN1c1cc(-c2cnc(N)c(OC(F)F)c2)nc(N2CCC(C)(O)C2)n1. The van der Waals surface area contributed by atoms with E-state index in [1.807, 2.05) is 11.8 Å². The van der Waals surface area contributed by atoms with Crippen molar-refractivity contribution in [1.29, 1.82) is 0 Å². The smallest absolute Gasteiger partial charge is 0.387 e. The van der Waals surface area contributed by atoms with Gasteiger partial charge >= 0.3 is 6.61 Å². The van der Waals surface area contributed by atoms with Crippen molar-refractivity contribution in [3.8, 4) is 17.0 Å². The average molecular weight is 436 g/mol. The van der Waals surface area contributed by atoms with Crippen LogP contribution in [-0.4, -0.2) is 71.2 Å². The minimum atomic E-state index is -3.02. The summed E-state index contributed by atoms with van der Waals surface area (Å²) in [6.45, 7) is 3.62. The fourth-order valence-electron chi connectivity index (χ4n) is 3.83. The van der Waals surface area contributed by atoms with Gasteiger partial charge in [-0.05, 0) is 26.3 Å². The van der Waals surface area contributed by atoms with Crippen LogP contribution in [0.5, 0.6) is 5.75 Å². The number of nitrogens with two attached hydrogens (primary N) is 1. The van der Waals surface area contributed by atoms with Crippen LogP contribution < -0.4 is 20.3 Å². The molecule has 31 heavy (non-hydrogen) atoms. The number of aromatic nitrogens is 3. The van der Waals surface area contributed by atoms with Crippen LogP contribution in [0.3, 0.4) is 0 Å². The lowest BCUT2D eigenvalue weighted by Gasteiger charge is -2.35. The molecule has 0 spiro atoms. The first-order valence-corrected chi connectivity index (χ1v) is 10.1. The molecule has 0 saturated carbocycles. The van der Waals surface area contributed by atoms with Crippen LogP contribution in [0.25, 0.3) is 11.3 Å². The number of rotatable bonds is 5. The van der Waals surface area contributed by atoms with Gasteiger partial charge in [-0.15, -0.1) is 0 Å². The molecular formula is C20H26F2N6O3. The van der Waals surface area contributed by atoms with Crippen molar-refractivity contribution in [2.75, 3.05) is 48.4 Å². The summed E-state index contributed by atoms with van der Waals surface area (Å²) in [4.78, 5) is 17.4. The zero-order chi connectivity index (χ0) is 22.2. The first-order chi connectivity index (χ1) is 14.7. The zero-order valence-corrected chi connectivity index (χ0v) is 17.5. The Morgan fingerprint density at radius 1 is 1.32 bits per heavy atom. The number of anilines is 3. The Bertz CT molecular complexity index is 945. The summed E-state index contributed by atoms with van der Waals surface area (Å²) in [5, 5.41) is 10.4. The van der Waals surface area contributed by atoms with Crippen molar-refractivity contribution >= 4 is 17.6 Å². The number of hydrogen-bond donors (Lipinski definition) is 2. The highest BCUT2D eigenvalue weighted by Gasteiger charge is 2.33. The second-order valence-electron chi connectivity index (χ2n) is 8.18. The van der Waals surface area contributed by atoms with Crippen LogP contribution in [0.4, 0.5) is 26.4 Å². The summed E-state index contributed by atoms with van der Waals surface area (Å²) >= 11 is 0. The van der Waals surface area contributed by atoms with E-state index in [0.29, 0.717) is 62.3 Å². The lowest BCUT2D eigenvalue weighted by atomic mass is 10.1. The summed E-state index contributed by atoms with van der Waals surface area (Å²) in [7, 11) is 0. The third-order valence-electron chi connectivity index (χ3n) is 5.49. The lowest BCUT2D eigenvalue weighted by molar-refractivity contribution is -0.0494. The molecule has 2 aliphatic rings. The number of nitrogens with zero attached hydrogens (tertiary/aromatic N) is 5. The summed E-state index contributed by atoms with van der Waals surface area (Å²) in [6, 6.07) is 3.29. The highest BCUT2D eigenvalue weighted by atomic mass is 19.3. The molecular weight excluding hydrogens is 410 g/mol. The van der Waals surface area contributed by atoms with E-state index in [0.717, 1.165) is 0 Å². The number of alkyl halides is 2. The van der Waals surface area contributed by atoms with E-state index in [1.54, 1.807) is 13.0 Å². The summed E-state index contributed by atoms with van der Waals surface area (Å²) in [5.74, 6) is 0.807. The molecule has 0 bridgehead atoms. The Morgan fingerprint density at radius 3 is 2.81 bits per heavy atom. The lowest BCUT2D eigenvalue weighted by Crippen LogP contribution is -2.44. The summed E-state index contributed by atoms with van der Waals surface area (Å²) < 4.78 is 35.5. The van der Waals surface area contributed by atoms with E-state index in [4.69, 9.17) is 15.5 Å². The van der Waals surface area contributed by atoms with Gasteiger partial charge in [-0.1, -0.05) is 0 Å². The van der Waals surface area contributed by atoms with Gasteiger partial charge in [-0.25, -0.2) is 9.97 Å². The zero-order valence-electron chi connectivity index (χ0n) is 17.5. The summed E-state index contributed by atoms with van der Waals surface area (Å²) in [5.41, 5.74) is 5.82. The van der Waals surface area contributed by atoms with Crippen molar-refractivity contribution in [3.63, 3.8) is 0 Å². The van der Waals surface area contributed by atoms with E-state index in [9.17, 15) is 13.9 Å². The van der Waals surface area contributed by atoms with Crippen molar-refractivity contribution in [1.82, 2.24) is 15.0 Å². The molecule has 4 rings (SSSR count). The second-order valence-corrected chi connectivity index (χ2v) is 8.18. The van der Waals surface area contributed by atoms with E-state index >= 15 is 0 Å². The summed E-state index contributed by atoms with van der Waals surface area (Å²) in [6.07, 6.45) is 2.06. The molecule has 3 N–H and O–H groups in total. The number of aliphatic hydroxyl groups is 1. The largest absolute Gasteiger partial charge is 0.431 e. The standard InChI is InChI=1S/C20H26F2N6O3/c1-12-10-30-6-5-28(12)16-8-14(13-7-15(31-18(21)22)17(23)24-9-13)25-19(26-16)27-4-3-20(2,29)11-27/h7-9,12,18,29H,3-6,10-11H2,1-2H3,(H2,23,24)/t12-,20?/m0/s1. The number of hydrogen-bond acceptors (Lipinski definition) is 9. The van der Waals surface area contributed by atoms with Crippen LogP contribution in [0.1, 0.15) is 20.3 Å². The van der Waals surface area contributed by atoms with Gasteiger partial charge in [0.2, 0.25) is 5.95 Å². The number of pyridine rings is 1. The number of ether oxygens (including phenoxy) is 2. The fraction of sp³-hybridized carbons (Fsp3) is 0.550. The van der Waals surface area contributed by atoms with Crippen LogP contribution in [0, 0.1) is 0 Å². The van der Waals surface area contributed by atoms with Crippen molar-refractivity contribution in [3.05, 3.63) is 18.3 Å². The quantitative estimate of drug-likeness (QED) is 0.726. The maximum Gasteiger partial charge on any atom is 0.387 e. The van der Waals surface area contributed by atoms with E-state index in [1.165, 1.54) is 12.3 Å². The van der Waals surface area contributed by atoms with Gasteiger partial charge < -0.3 is 30.1 Å². The normalized spacial score (nSPS) is 24.1. The van der Waals surface area contributed by atoms with E-state index < -0.39 is 12.2 Å². The first-order valence-electron chi connectivity index (χ1n) is 10.1. The Hall–Kier alpha value is -2.79. The minimum Gasteiger partial charge on any atom is -0.431 e. The van der Waals surface area contributed by atoms with Gasteiger partial charge in [-0.3, -0.25) is 0 Å². The molecule has 2 aromatic rings. The Balaban J connectivity index is 1.76. The number of morpholine rings is 1. The Kier molecular flexibility index (Phi) is 5.80. The van der Waals surface area contributed by atoms with Gasteiger partial charge in [0.15, 0.2) is 11.6 Å². The topological polar surface area (TPSA) is 110 Å². The van der Waals surface area contributed by atoms with Gasteiger partial charge in [0.05, 0.1) is 30.6 Å². The second kappa shape index (κ2) is 8.39. The molecule has 9 nitrogen and oxygen atoms in total. The molecule has 2 aliphatic heterocycles. The maximum absolute atomic E-state index is 12.7. The third-order valence-corrected chi connectivity index (χ3v) is 5.49. The Labute approximate surface area is 178 Å². The third kappa shape index (κ3) is 4.77. The Morgan fingerprint density at radius 2 is 2.13 bits per heavy atom. The van der Waals surface area contributed by atoms with Gasteiger partial charge in [-0.2, -0.15) is 13.8 Å². The highest BCUT2D eigenvalue weighted by molar-refractivity contribution is 5.68. The highest BCUT2D eigenvalue weighted by Crippen LogP contribution is 2.32. The average Bonchev–Trinajstić information content (AvgIpc) is 3.09. The van der Waals surface area contributed by atoms with E-state index in [2.05, 4.69) is 19.6 Å². The van der Waals surface area contributed by atoms with Crippen molar-refractivity contribution in [2.45, 2.75) is 38.5 Å². The number of β-amino-alcohol motifs (C(OH)–C–C–N with tert-alkyl or cyclic N) is 1. The molecule has 4 heterocycles. The fourth-order valence-corrected chi connectivity index (χ4v) is 3.83. The molecule has 2 saturated heterocycles. The molecule has 2 atom stereocenters. The van der Waals surface area contributed by atoms with Crippen molar-refractivity contribution < 1.29 is 23.4 Å². The molecule has 11 heteroatoms. The maximum atomic E-state index is 12.7. The monoisotopic (exact) mass is 436 g/mol. The predicted octanol–water partition coefficient (Wildman–Crippen LogP) is 1.91. The molecule has 2 fully saturated rings. The molecule has 0 radical (unpaired) electrons.